The van der Waals surface area contributed by atoms with Gasteiger partial charge in [0.1, 0.15) is 24.0 Å². The Kier molecular flexibility index (Phi) is 9.02. The fraction of sp³-hybridized carbons (Fsp3) is 0.500. The molecule has 2 unspecified atom stereocenters. The van der Waals surface area contributed by atoms with Crippen LogP contribution in [-0.2, 0) is 7.05 Å². The molecule has 44 heavy (non-hydrogen) atoms. The van der Waals surface area contributed by atoms with Crippen molar-refractivity contribution in [3.8, 4) is 0 Å². The van der Waals surface area contributed by atoms with Crippen LogP contribution in [-0.4, -0.2) is 56.0 Å². The molecule has 0 N–H and O–H groups in total. The van der Waals surface area contributed by atoms with Crippen molar-refractivity contribution in [2.45, 2.75) is 69.8 Å². The lowest BCUT2D eigenvalue weighted by molar-refractivity contribution is -0.176. The van der Waals surface area contributed by atoms with Gasteiger partial charge >= 0.3 is 12.4 Å². The molecule has 0 amide bonds. The van der Waals surface area contributed by atoms with Gasteiger partial charge in [0.25, 0.3) is 0 Å². The maximum Gasteiger partial charge on any atom is 0.408 e. The number of hydrogen-bond acceptors (Lipinski definition) is 5. The fourth-order valence-electron chi connectivity index (χ4n) is 6.58. The third kappa shape index (κ3) is 6.74. The highest BCUT2D eigenvalue weighted by Crippen LogP contribution is 2.45. The van der Waals surface area contributed by atoms with E-state index in [4.69, 9.17) is 0 Å². The highest BCUT2D eigenvalue weighted by Gasteiger charge is 2.47. The molecule has 238 valence electrons. The van der Waals surface area contributed by atoms with Crippen molar-refractivity contribution < 1.29 is 26.3 Å². The first-order valence-electron chi connectivity index (χ1n) is 14.9. The van der Waals surface area contributed by atoms with Crippen LogP contribution in [0.4, 0.5) is 32.0 Å². The molecule has 0 spiro atoms. The van der Waals surface area contributed by atoms with Crippen LogP contribution in [0.25, 0.3) is 0 Å². The molecule has 5 rings (SSSR count). The average Bonchev–Trinajstić information content (AvgIpc) is 3.46. The van der Waals surface area contributed by atoms with E-state index < -0.39 is 24.8 Å². The van der Waals surface area contributed by atoms with Gasteiger partial charge in [-0.15, -0.1) is 10.2 Å². The van der Waals surface area contributed by atoms with Gasteiger partial charge in [-0.25, -0.2) is 0 Å². The summed E-state index contributed by atoms with van der Waals surface area (Å²) in [4.78, 5) is 3.97. The standard InChI is InChI=1S/C32H38F6N6/c1-5-23(29(32(36,37)38)42-14-8-9-21(2)17-42)18-43-22(3)44(19-27(43)16-31(33,34)35)26-13-7-12-25(15-26)28(24-10-6-11-24)30-40-39-20-41(30)4/h5,7,12-13,15,18-21,24,28-29H,1,3,6,8-11,14,16-17H2,2,4H3/b23-18+/t21-,28?,29?/m0/s1. The summed E-state index contributed by atoms with van der Waals surface area (Å²) in [6.07, 6.45) is -0.882. The molecule has 3 aliphatic rings. The van der Waals surface area contributed by atoms with Crippen molar-refractivity contribution in [1.82, 2.24) is 24.6 Å². The zero-order valence-corrected chi connectivity index (χ0v) is 25.0. The van der Waals surface area contributed by atoms with E-state index in [0.29, 0.717) is 18.0 Å². The number of hydrogen-bond donors (Lipinski definition) is 0. The first-order valence-corrected chi connectivity index (χ1v) is 14.9. The quantitative estimate of drug-likeness (QED) is 0.211. The zero-order chi connectivity index (χ0) is 31.8. The third-order valence-corrected chi connectivity index (χ3v) is 8.87. The Balaban J connectivity index is 1.52. The van der Waals surface area contributed by atoms with E-state index in [-0.39, 0.29) is 42.0 Å². The Labute approximate surface area is 254 Å². The molecule has 3 heterocycles. The van der Waals surface area contributed by atoms with Crippen LogP contribution in [0.1, 0.15) is 62.8 Å². The van der Waals surface area contributed by atoms with E-state index in [9.17, 15) is 26.3 Å². The number of alkyl halides is 6. The maximum atomic E-state index is 14.5. The Morgan fingerprint density at radius 1 is 1.11 bits per heavy atom. The molecule has 1 aromatic heterocycles. The Bertz CT molecular complexity index is 1420. The number of allylic oxidation sites excluding steroid dienone is 1. The van der Waals surface area contributed by atoms with Crippen molar-refractivity contribution in [1.29, 1.82) is 0 Å². The van der Waals surface area contributed by atoms with Gasteiger partial charge in [-0.1, -0.05) is 44.7 Å². The van der Waals surface area contributed by atoms with Crippen molar-refractivity contribution in [2.75, 3.05) is 18.0 Å². The highest BCUT2D eigenvalue weighted by atomic mass is 19.4. The van der Waals surface area contributed by atoms with Gasteiger partial charge in [0, 0.05) is 43.3 Å². The molecule has 1 saturated heterocycles. The summed E-state index contributed by atoms with van der Waals surface area (Å²) in [5, 5.41) is 8.39. The van der Waals surface area contributed by atoms with Gasteiger partial charge in [-0.2, -0.15) is 26.3 Å². The number of rotatable bonds is 9. The number of halogens is 6. The minimum absolute atomic E-state index is 0.0615. The van der Waals surface area contributed by atoms with Gasteiger partial charge in [-0.3, -0.25) is 4.90 Å². The Morgan fingerprint density at radius 2 is 1.86 bits per heavy atom. The first-order chi connectivity index (χ1) is 20.8. The fourth-order valence-corrected chi connectivity index (χ4v) is 6.58. The number of likely N-dealkylation sites (tertiary alicyclic amines) is 1. The first kappa shape index (κ1) is 31.9. The number of benzene rings is 1. The molecular weight excluding hydrogens is 582 g/mol. The molecule has 0 radical (unpaired) electrons. The average molecular weight is 621 g/mol. The van der Waals surface area contributed by atoms with Crippen LogP contribution in [0, 0.1) is 11.8 Å². The maximum absolute atomic E-state index is 14.5. The smallest absolute Gasteiger partial charge is 0.320 e. The van der Waals surface area contributed by atoms with E-state index >= 15 is 0 Å². The predicted octanol–water partition coefficient (Wildman–Crippen LogP) is 7.87. The summed E-state index contributed by atoms with van der Waals surface area (Å²) in [7, 11) is 1.87. The number of anilines is 1. The monoisotopic (exact) mass is 620 g/mol. The van der Waals surface area contributed by atoms with Gasteiger partial charge in [0.2, 0.25) is 0 Å². The predicted molar refractivity (Wildman–Crippen MR) is 157 cm³/mol. The zero-order valence-electron chi connectivity index (χ0n) is 25.0. The minimum atomic E-state index is -4.66. The molecule has 0 bridgehead atoms. The van der Waals surface area contributed by atoms with Crippen LogP contribution in [0.2, 0.25) is 0 Å². The van der Waals surface area contributed by atoms with Crippen LogP contribution in [0.15, 0.2) is 79.3 Å². The molecular formula is C32H38F6N6. The molecule has 2 aromatic rings. The number of piperidine rings is 1. The van der Waals surface area contributed by atoms with Gasteiger partial charge in [0.15, 0.2) is 0 Å². The van der Waals surface area contributed by atoms with Crippen molar-refractivity contribution in [3.05, 3.63) is 90.7 Å². The number of aromatic nitrogens is 3. The van der Waals surface area contributed by atoms with Gasteiger partial charge in [-0.05, 0) is 67.3 Å². The lowest BCUT2D eigenvalue weighted by Crippen LogP contribution is -2.50. The van der Waals surface area contributed by atoms with Crippen LogP contribution in [0.5, 0.6) is 0 Å². The summed E-state index contributed by atoms with van der Waals surface area (Å²) in [5.74, 6) is 1.24. The number of nitrogens with zero attached hydrogens (tertiary/aromatic N) is 6. The second-order valence-electron chi connectivity index (χ2n) is 12.2. The van der Waals surface area contributed by atoms with Crippen molar-refractivity contribution >= 4 is 5.69 Å². The number of aryl methyl sites for hydroxylation is 1. The van der Waals surface area contributed by atoms with E-state index in [2.05, 4.69) is 23.4 Å². The highest BCUT2D eigenvalue weighted by molar-refractivity contribution is 5.60. The molecule has 1 saturated carbocycles. The molecule has 2 fully saturated rings. The van der Waals surface area contributed by atoms with Crippen molar-refractivity contribution in [3.63, 3.8) is 0 Å². The lowest BCUT2D eigenvalue weighted by atomic mass is 9.72. The van der Waals surface area contributed by atoms with E-state index in [1.54, 1.807) is 12.4 Å². The SMILES string of the molecule is C=C/C(=C\N1C(=C)N(c2cccc(C(c3nncn3C)C3CCC3)c2)C=C1CC(F)(F)F)C(N1CCC[C@H](C)C1)C(F)(F)F. The Morgan fingerprint density at radius 3 is 2.43 bits per heavy atom. The molecule has 1 aliphatic carbocycles. The summed E-state index contributed by atoms with van der Waals surface area (Å²) in [6, 6.07) is 5.42. The molecule has 12 heteroatoms. The summed E-state index contributed by atoms with van der Waals surface area (Å²) < 4.78 is 86.8. The lowest BCUT2D eigenvalue weighted by Gasteiger charge is -2.39. The summed E-state index contributed by atoms with van der Waals surface area (Å²) >= 11 is 0. The van der Waals surface area contributed by atoms with Crippen molar-refractivity contribution in [2.24, 2.45) is 18.9 Å². The molecule has 1 aromatic carbocycles. The van der Waals surface area contributed by atoms with E-state index in [1.165, 1.54) is 16.0 Å². The van der Waals surface area contributed by atoms with Crippen LogP contribution >= 0.6 is 0 Å². The summed E-state index contributed by atoms with van der Waals surface area (Å²) in [5.41, 5.74) is 1.01. The topological polar surface area (TPSA) is 40.4 Å². The molecule has 2 aliphatic heterocycles. The van der Waals surface area contributed by atoms with Crippen LogP contribution < -0.4 is 4.90 Å². The Hall–Kier alpha value is -3.54. The normalized spacial score (nSPS) is 22.2. The second kappa shape index (κ2) is 12.5. The summed E-state index contributed by atoms with van der Waals surface area (Å²) in [6.45, 7) is 10.0. The molecule has 3 atom stereocenters. The van der Waals surface area contributed by atoms with Gasteiger partial charge in [0.05, 0.1) is 6.42 Å². The third-order valence-electron chi connectivity index (χ3n) is 8.87. The van der Waals surface area contributed by atoms with E-state index in [0.717, 1.165) is 54.2 Å². The largest absolute Gasteiger partial charge is 0.408 e. The van der Waals surface area contributed by atoms with E-state index in [1.807, 2.05) is 36.7 Å². The minimum Gasteiger partial charge on any atom is -0.320 e. The second-order valence-corrected chi connectivity index (χ2v) is 12.2. The van der Waals surface area contributed by atoms with Gasteiger partial charge < -0.3 is 14.4 Å². The molecule has 6 nitrogen and oxygen atoms in total. The van der Waals surface area contributed by atoms with Crippen LogP contribution in [0.3, 0.4) is 0 Å².